The van der Waals surface area contributed by atoms with Gasteiger partial charge in [0, 0.05) is 6.54 Å². The first-order valence-electron chi connectivity index (χ1n) is 14.9. The van der Waals surface area contributed by atoms with Crippen molar-refractivity contribution in [1.82, 2.24) is 10.2 Å². The van der Waals surface area contributed by atoms with Crippen LogP contribution in [0.15, 0.2) is 60.7 Å². The first-order valence-corrected chi connectivity index (χ1v) is 16.6. The van der Waals surface area contributed by atoms with E-state index in [4.69, 9.17) is 16.3 Å². The van der Waals surface area contributed by atoms with Crippen LogP contribution < -0.4 is 5.32 Å². The fraction of sp³-hybridized carbons (Fsp3) is 0.531. The molecule has 4 N–H and O–H groups in total. The zero-order chi connectivity index (χ0) is 33.1. The van der Waals surface area contributed by atoms with Crippen LogP contribution in [0.3, 0.4) is 0 Å². The first-order chi connectivity index (χ1) is 21.5. The molecule has 1 unspecified atom stereocenters. The predicted molar refractivity (Wildman–Crippen MR) is 171 cm³/mol. The molecule has 0 saturated carbocycles. The van der Waals surface area contributed by atoms with E-state index >= 15 is 0 Å². The smallest absolute Gasteiger partial charge is 0.386 e. The summed E-state index contributed by atoms with van der Waals surface area (Å²) in [6.45, 7) is 4.74. The molecule has 0 spiro atoms. The summed E-state index contributed by atoms with van der Waals surface area (Å²) in [5.74, 6) is -1.07. The van der Waals surface area contributed by atoms with E-state index in [0.717, 1.165) is 25.8 Å². The Balaban J connectivity index is 0.000000265. The Hall–Kier alpha value is -2.71. The van der Waals surface area contributed by atoms with Crippen LogP contribution in [0.4, 0.5) is 0 Å². The summed E-state index contributed by atoms with van der Waals surface area (Å²) >= 11 is 7.55. The van der Waals surface area contributed by atoms with Gasteiger partial charge in [0.05, 0.1) is 28.6 Å². The summed E-state index contributed by atoms with van der Waals surface area (Å²) in [5.41, 5.74) is -0.0666. The fourth-order valence-electron chi connectivity index (χ4n) is 5.43. The molecule has 2 aliphatic rings. The van der Waals surface area contributed by atoms with Gasteiger partial charge in [-0.3, -0.25) is 9.69 Å². The number of carbonyl (C=O) groups excluding carboxylic acids is 3. The monoisotopic (exact) mass is 666 g/mol. The topological polar surface area (TPSA) is 155 Å². The first kappa shape index (κ1) is 36.8. The van der Waals surface area contributed by atoms with Crippen molar-refractivity contribution in [3.05, 3.63) is 71.8 Å². The maximum atomic E-state index is 12.9. The second-order valence-electron chi connectivity index (χ2n) is 11.2. The van der Waals surface area contributed by atoms with Crippen LogP contribution in [0, 0.1) is 5.92 Å². The maximum absolute atomic E-state index is 12.9. The summed E-state index contributed by atoms with van der Waals surface area (Å²) in [5, 5.41) is 33.0. The molecule has 0 bridgehead atoms. The molecule has 0 radical (unpaired) electrons. The molecule has 2 fully saturated rings. The molecule has 13 heteroatoms. The van der Waals surface area contributed by atoms with Gasteiger partial charge in [-0.2, -0.15) is 0 Å². The van der Waals surface area contributed by atoms with E-state index in [9.17, 15) is 29.7 Å². The number of halogens is 1. The molecule has 2 aliphatic heterocycles. The van der Waals surface area contributed by atoms with Crippen LogP contribution in [0.5, 0.6) is 0 Å². The molecular weight excluding hydrogens is 624 g/mol. The zero-order valence-corrected chi connectivity index (χ0v) is 27.4. The van der Waals surface area contributed by atoms with Crippen molar-refractivity contribution in [3.8, 4) is 0 Å². The Morgan fingerprint density at radius 3 is 1.98 bits per heavy atom. The number of thioether (sulfide) groups is 1. The Bertz CT molecular complexity index is 1170. The van der Waals surface area contributed by atoms with Crippen molar-refractivity contribution >= 4 is 41.2 Å². The Kier molecular flexibility index (Phi) is 14.6. The van der Waals surface area contributed by atoms with Crippen molar-refractivity contribution in [1.29, 1.82) is 0 Å². The van der Waals surface area contributed by atoms with E-state index in [0.29, 0.717) is 17.0 Å². The zero-order valence-electron chi connectivity index (χ0n) is 25.8. The van der Waals surface area contributed by atoms with E-state index in [1.165, 1.54) is 11.8 Å². The van der Waals surface area contributed by atoms with Crippen LogP contribution in [-0.4, -0.2) is 105 Å². The highest BCUT2D eigenvalue weighted by atomic mass is 35.5. The molecule has 2 aromatic rings. The van der Waals surface area contributed by atoms with Gasteiger partial charge in [0.1, 0.15) is 29.9 Å². The lowest BCUT2D eigenvalue weighted by atomic mass is 9.92. The lowest BCUT2D eigenvalue weighted by Gasteiger charge is -2.44. The Morgan fingerprint density at radius 1 is 0.978 bits per heavy atom. The molecular formula is C32H43ClN2O9S. The summed E-state index contributed by atoms with van der Waals surface area (Å²) in [4.78, 5) is 46.8. The lowest BCUT2D eigenvalue weighted by molar-refractivity contribution is -0.205. The number of aliphatic hydroxyl groups is 3. The maximum Gasteiger partial charge on any atom is 0.386 e. The van der Waals surface area contributed by atoms with Gasteiger partial charge in [0.2, 0.25) is 5.91 Å². The predicted octanol–water partition coefficient (Wildman–Crippen LogP) is 3.00. The SMILES string of the molecule is CCC[C@@H]1C[C@@H](C(=O)NC([C@H](C)Cl)[C@H]2O[C@H](SC)[C@H](O)[C@@H](O)[C@H]2O)N(C)C1.O=C(OOC(=O)c1ccccc1)c1ccccc1. The Morgan fingerprint density at radius 2 is 1.51 bits per heavy atom. The highest BCUT2D eigenvalue weighted by Gasteiger charge is 2.48. The van der Waals surface area contributed by atoms with E-state index in [1.807, 2.05) is 11.9 Å². The number of ether oxygens (including phenoxy) is 1. The normalized spacial score (nSPS) is 27.8. The molecule has 2 saturated heterocycles. The van der Waals surface area contributed by atoms with Crippen LogP contribution in [0.2, 0.25) is 0 Å². The lowest BCUT2D eigenvalue weighted by Crippen LogP contribution is -2.65. The third-order valence-electron chi connectivity index (χ3n) is 7.84. The van der Waals surface area contributed by atoms with Crippen molar-refractivity contribution < 1.29 is 44.2 Å². The number of aliphatic hydroxyl groups excluding tert-OH is 3. The van der Waals surface area contributed by atoms with E-state index in [2.05, 4.69) is 22.0 Å². The molecule has 248 valence electrons. The van der Waals surface area contributed by atoms with Gasteiger partial charge in [-0.05, 0) is 63.3 Å². The van der Waals surface area contributed by atoms with Gasteiger partial charge in [-0.25, -0.2) is 19.4 Å². The number of carbonyl (C=O) groups is 3. The van der Waals surface area contributed by atoms with Crippen molar-refractivity contribution in [2.24, 2.45) is 5.92 Å². The number of nitrogens with one attached hydrogen (secondary N) is 1. The minimum Gasteiger partial charge on any atom is -0.388 e. The molecule has 1 amide bonds. The standard InChI is InChI=1S/C18H33ClN2O5S.C14H10O4/c1-5-6-10-7-11(21(3)8-10)17(25)20-12(9(2)19)16-14(23)13(22)15(24)18(26-16)27-4;15-13(11-7-3-1-4-8-11)17-18-14(16)12-9-5-2-6-10-12/h9-16,18,22-24H,5-8H2,1-4H3,(H,20,25);1-10H/t9-,10+,11-,12?,13-,14+,15+,16+,18+;/m0./s1. The van der Waals surface area contributed by atoms with Gasteiger partial charge < -0.3 is 25.4 Å². The van der Waals surface area contributed by atoms with Crippen LogP contribution >= 0.6 is 23.4 Å². The number of hydrogen-bond acceptors (Lipinski definition) is 11. The molecule has 2 aromatic carbocycles. The number of likely N-dealkylation sites (N-methyl/N-ethyl adjacent to an activating group) is 1. The summed E-state index contributed by atoms with van der Waals surface area (Å²) in [6, 6.07) is 15.6. The number of amides is 1. The van der Waals surface area contributed by atoms with Crippen molar-refractivity contribution in [3.63, 3.8) is 0 Å². The van der Waals surface area contributed by atoms with Gasteiger partial charge in [-0.15, -0.1) is 23.4 Å². The number of likely N-dealkylation sites (tertiary alicyclic amines) is 1. The number of hydrogen-bond donors (Lipinski definition) is 4. The van der Waals surface area contributed by atoms with Crippen LogP contribution in [0.1, 0.15) is 53.8 Å². The third-order valence-corrected chi connectivity index (χ3v) is 8.97. The van der Waals surface area contributed by atoms with E-state index in [1.54, 1.807) is 73.8 Å². The average molecular weight is 667 g/mol. The fourth-order valence-corrected chi connectivity index (χ4v) is 6.32. The molecule has 45 heavy (non-hydrogen) atoms. The molecule has 0 aliphatic carbocycles. The second kappa shape index (κ2) is 17.8. The van der Waals surface area contributed by atoms with Gasteiger partial charge in [0.25, 0.3) is 0 Å². The van der Waals surface area contributed by atoms with Gasteiger partial charge >= 0.3 is 11.9 Å². The molecule has 2 heterocycles. The molecule has 0 aromatic heterocycles. The second-order valence-corrected chi connectivity index (χ2v) is 12.8. The third kappa shape index (κ3) is 10.1. The van der Waals surface area contributed by atoms with Gasteiger partial charge in [-0.1, -0.05) is 49.7 Å². The summed E-state index contributed by atoms with van der Waals surface area (Å²) in [6.07, 6.45) is -0.0980. The highest BCUT2D eigenvalue weighted by Crippen LogP contribution is 2.31. The summed E-state index contributed by atoms with van der Waals surface area (Å²) < 4.78 is 5.79. The van der Waals surface area contributed by atoms with Crippen LogP contribution in [0.25, 0.3) is 0 Å². The Labute approximate surface area is 273 Å². The number of alkyl halides is 1. The van der Waals surface area contributed by atoms with Crippen molar-refractivity contribution in [2.75, 3.05) is 19.8 Å². The van der Waals surface area contributed by atoms with E-state index < -0.39 is 53.2 Å². The largest absolute Gasteiger partial charge is 0.388 e. The van der Waals surface area contributed by atoms with Gasteiger partial charge in [0.15, 0.2) is 0 Å². The number of rotatable bonds is 9. The molecule has 4 rings (SSSR count). The minimum atomic E-state index is -1.36. The number of benzene rings is 2. The number of nitrogens with zero attached hydrogens (tertiary/aromatic N) is 1. The van der Waals surface area contributed by atoms with Crippen molar-refractivity contribution in [2.45, 2.75) is 80.4 Å². The summed E-state index contributed by atoms with van der Waals surface area (Å²) in [7, 11) is 1.94. The average Bonchev–Trinajstić information content (AvgIpc) is 3.42. The molecule has 9 atom stereocenters. The highest BCUT2D eigenvalue weighted by molar-refractivity contribution is 7.99. The van der Waals surface area contributed by atoms with Crippen LogP contribution in [-0.2, 0) is 19.3 Å². The quantitative estimate of drug-likeness (QED) is 0.177. The molecule has 11 nitrogen and oxygen atoms in total. The van der Waals surface area contributed by atoms with E-state index in [-0.39, 0.29) is 11.9 Å². The minimum absolute atomic E-state index is 0.147.